The summed E-state index contributed by atoms with van der Waals surface area (Å²) in [5, 5.41) is 0. The van der Waals surface area contributed by atoms with Gasteiger partial charge in [-0.15, -0.1) is 0 Å². The molecule has 4 unspecified atom stereocenters. The Morgan fingerprint density at radius 2 is 0.971 bits per heavy atom. The van der Waals surface area contributed by atoms with E-state index in [9.17, 15) is 51.9 Å². The third kappa shape index (κ3) is 5.09. The molecule has 4 atom stereocenters. The van der Waals surface area contributed by atoms with Gasteiger partial charge in [0.1, 0.15) is 9.49 Å². The van der Waals surface area contributed by atoms with Gasteiger partial charge in [0.25, 0.3) is 40.5 Å². The Morgan fingerprint density at radius 1 is 0.676 bits per heavy atom. The zero-order valence-electron chi connectivity index (χ0n) is 18.1. The predicted molar refractivity (Wildman–Crippen MR) is 123 cm³/mol. The highest BCUT2D eigenvalue weighted by atomic mass is 32.2. The molecule has 0 radical (unpaired) electrons. The first-order valence-corrected chi connectivity index (χ1v) is 15.7. The summed E-state index contributed by atoms with van der Waals surface area (Å²) < 4.78 is 131. The van der Waals surface area contributed by atoms with Gasteiger partial charge < -0.3 is 0 Å². The van der Waals surface area contributed by atoms with Crippen LogP contribution >= 0.6 is 0 Å². The molecule has 0 aromatic carbocycles. The third-order valence-corrected chi connectivity index (χ3v) is 11.4. The number of rotatable bonds is 9. The summed E-state index contributed by atoms with van der Waals surface area (Å²) in [7, 11) is -19.4. The molecule has 4 N–H and O–H groups in total. The summed E-state index contributed by atoms with van der Waals surface area (Å²) >= 11 is 0. The van der Waals surface area contributed by atoms with Crippen LogP contribution in [0.2, 0.25) is 0 Å². The molecule has 0 aromatic heterocycles. The summed E-state index contributed by atoms with van der Waals surface area (Å²) in [6.45, 7) is 3.00. The van der Waals surface area contributed by atoms with Crippen LogP contribution in [0, 0.1) is 11.8 Å². The Bertz CT molecular complexity index is 1270. The fraction of sp³-hybridized carbons (Fsp3) is 0.556. The van der Waals surface area contributed by atoms with E-state index in [4.69, 9.17) is 0 Å². The predicted octanol–water partition coefficient (Wildman–Crippen LogP) is 1.76. The van der Waals surface area contributed by atoms with E-state index in [0.29, 0.717) is 0 Å². The smallest absolute Gasteiger partial charge is 0.285 e. The fourth-order valence-corrected chi connectivity index (χ4v) is 8.44. The Morgan fingerprint density at radius 3 is 1.12 bits per heavy atom. The van der Waals surface area contributed by atoms with Crippen molar-refractivity contribution in [3.8, 4) is 0 Å². The van der Waals surface area contributed by atoms with Crippen LogP contribution in [0.3, 0.4) is 0 Å². The highest BCUT2D eigenvalue weighted by Crippen LogP contribution is 2.50. The third-order valence-electron chi connectivity index (χ3n) is 6.48. The van der Waals surface area contributed by atoms with Gasteiger partial charge in [-0.3, -0.25) is 18.2 Å². The van der Waals surface area contributed by atoms with Crippen molar-refractivity contribution in [3.63, 3.8) is 0 Å². The zero-order chi connectivity index (χ0) is 26.4. The average molecular weight is 563 g/mol. The molecule has 194 valence electrons. The lowest BCUT2D eigenvalue weighted by Gasteiger charge is -2.47. The molecule has 0 spiro atoms. The molecule has 0 aromatic rings. The Kier molecular flexibility index (Phi) is 7.83. The van der Waals surface area contributed by atoms with Gasteiger partial charge in [-0.05, 0) is 36.8 Å². The second-order valence-electron chi connectivity index (χ2n) is 8.13. The molecule has 12 nitrogen and oxygen atoms in total. The number of allylic oxidation sites excluding steroid dienone is 4. The van der Waals surface area contributed by atoms with Crippen LogP contribution in [0.1, 0.15) is 39.5 Å². The molecule has 0 aliphatic heterocycles. The minimum absolute atomic E-state index is 0.0718. The Labute approximate surface area is 199 Å². The summed E-state index contributed by atoms with van der Waals surface area (Å²) in [4.78, 5) is -1.23. The summed E-state index contributed by atoms with van der Waals surface area (Å²) in [5.41, 5.74) is 0. The second kappa shape index (κ2) is 9.24. The van der Waals surface area contributed by atoms with Crippen LogP contribution in [0.15, 0.2) is 46.3 Å². The molecule has 0 saturated carbocycles. The van der Waals surface area contributed by atoms with E-state index in [-0.39, 0.29) is 12.8 Å². The van der Waals surface area contributed by atoms with Crippen molar-refractivity contribution in [2.45, 2.75) is 49.0 Å². The topological polar surface area (TPSA) is 217 Å². The molecule has 0 heterocycles. The van der Waals surface area contributed by atoms with Crippen molar-refractivity contribution >= 4 is 40.5 Å². The maximum Gasteiger partial charge on any atom is 0.294 e. The highest BCUT2D eigenvalue weighted by Gasteiger charge is 2.58. The van der Waals surface area contributed by atoms with Gasteiger partial charge in [-0.2, -0.15) is 33.7 Å². The molecule has 34 heavy (non-hydrogen) atoms. The van der Waals surface area contributed by atoms with Gasteiger partial charge in [-0.1, -0.05) is 51.0 Å². The number of hydrogen-bond acceptors (Lipinski definition) is 8. The quantitative estimate of drug-likeness (QED) is 0.295. The van der Waals surface area contributed by atoms with Crippen molar-refractivity contribution in [1.29, 1.82) is 0 Å². The van der Waals surface area contributed by atoms with E-state index in [1.807, 2.05) is 0 Å². The molecule has 0 saturated heterocycles. The van der Waals surface area contributed by atoms with Crippen LogP contribution in [0.4, 0.5) is 0 Å². The first-order valence-electron chi connectivity index (χ1n) is 9.94. The van der Waals surface area contributed by atoms with Crippen LogP contribution < -0.4 is 0 Å². The monoisotopic (exact) mass is 562 g/mol. The molecular formula is C18H26O12S4. The Balaban J connectivity index is 2.75. The lowest BCUT2D eigenvalue weighted by atomic mass is 9.68. The molecule has 16 heteroatoms. The Hall–Kier alpha value is -1.40. The lowest BCUT2D eigenvalue weighted by Crippen LogP contribution is -2.55. The van der Waals surface area contributed by atoms with Crippen molar-refractivity contribution < 1.29 is 51.9 Å². The van der Waals surface area contributed by atoms with Crippen molar-refractivity contribution in [1.82, 2.24) is 0 Å². The SMILES string of the molecule is CCC(C(CC)C1(S(=O)(=O)O)C=CC(S(=O)(=O)O)=CC1)C1(S(=O)(=O)O)C=CC(S(=O)(=O)O)=CC1. The summed E-state index contributed by atoms with van der Waals surface area (Å²) in [5.74, 6) is -2.48. The van der Waals surface area contributed by atoms with Gasteiger partial charge in [0.15, 0.2) is 0 Å². The standard InChI is InChI=1S/C18H26O12S4/c1-3-15(17(33(25,26)27)9-5-13(6-10-17)31(19,20)21)16(4-2)18(34(28,29)30)11-7-14(8-12-18)32(22,23)24/h5-9,11,15-16H,3-4,10,12H2,1-2H3,(H,19,20,21)(H,22,23,24)(H,25,26,27)(H,28,29,30). The molecule has 2 aliphatic rings. The largest absolute Gasteiger partial charge is 0.294 e. The minimum Gasteiger partial charge on any atom is -0.285 e. The molecule has 0 bridgehead atoms. The van der Waals surface area contributed by atoms with E-state index >= 15 is 0 Å². The van der Waals surface area contributed by atoms with Gasteiger partial charge in [0.05, 0.1) is 9.81 Å². The summed E-state index contributed by atoms with van der Waals surface area (Å²) in [6, 6.07) is 0. The molecular weight excluding hydrogens is 536 g/mol. The normalized spacial score (nSPS) is 28.2. The van der Waals surface area contributed by atoms with Crippen molar-refractivity contribution in [2.75, 3.05) is 0 Å². The van der Waals surface area contributed by atoms with Gasteiger partial charge in [0.2, 0.25) is 0 Å². The lowest BCUT2D eigenvalue weighted by molar-refractivity contribution is 0.203. The first kappa shape index (κ1) is 28.8. The van der Waals surface area contributed by atoms with Crippen LogP contribution in [-0.4, -0.2) is 61.4 Å². The maximum absolute atomic E-state index is 12.6. The zero-order valence-corrected chi connectivity index (χ0v) is 21.4. The van der Waals surface area contributed by atoms with Crippen molar-refractivity contribution in [2.24, 2.45) is 11.8 Å². The van der Waals surface area contributed by atoms with Gasteiger partial charge >= 0.3 is 0 Å². The van der Waals surface area contributed by atoms with Gasteiger partial charge in [0, 0.05) is 0 Å². The molecule has 0 amide bonds. The van der Waals surface area contributed by atoms with E-state index in [1.54, 1.807) is 0 Å². The van der Waals surface area contributed by atoms with E-state index < -0.39 is 84.5 Å². The van der Waals surface area contributed by atoms with Crippen LogP contribution in [0.5, 0.6) is 0 Å². The molecule has 2 aliphatic carbocycles. The van der Waals surface area contributed by atoms with Crippen molar-refractivity contribution in [3.05, 3.63) is 46.3 Å². The minimum atomic E-state index is -5.03. The average Bonchev–Trinajstić information content (AvgIpc) is 2.69. The first-order chi connectivity index (χ1) is 15.3. The fourth-order valence-electron chi connectivity index (χ4n) is 4.88. The highest BCUT2D eigenvalue weighted by molar-refractivity contribution is 7.90. The maximum atomic E-state index is 12.6. The molecule has 0 fully saturated rings. The van der Waals surface area contributed by atoms with Gasteiger partial charge in [-0.25, -0.2) is 0 Å². The van der Waals surface area contributed by atoms with E-state index in [2.05, 4.69) is 0 Å². The molecule has 2 rings (SSSR count). The van der Waals surface area contributed by atoms with E-state index in [1.165, 1.54) is 13.8 Å². The summed E-state index contributed by atoms with van der Waals surface area (Å²) in [6.07, 6.45) is 3.66. The van der Waals surface area contributed by atoms with Crippen LogP contribution in [-0.2, 0) is 40.5 Å². The second-order valence-corrected chi connectivity index (χ2v) is 14.4. The number of hydrogen-bond donors (Lipinski definition) is 4. The van der Waals surface area contributed by atoms with E-state index in [0.717, 1.165) is 36.5 Å². The van der Waals surface area contributed by atoms with Crippen LogP contribution in [0.25, 0.3) is 0 Å².